The van der Waals surface area contributed by atoms with Gasteiger partial charge in [-0.2, -0.15) is 0 Å². The summed E-state index contributed by atoms with van der Waals surface area (Å²) in [7, 11) is 0. The van der Waals surface area contributed by atoms with E-state index >= 15 is 0 Å². The Morgan fingerprint density at radius 2 is 1.71 bits per heavy atom. The summed E-state index contributed by atoms with van der Waals surface area (Å²) < 4.78 is 0. The third-order valence-electron chi connectivity index (χ3n) is 3.28. The van der Waals surface area contributed by atoms with Crippen LogP contribution in [0.5, 0.6) is 0 Å². The van der Waals surface area contributed by atoms with Crippen LogP contribution < -0.4 is 0 Å². The maximum Gasteiger partial charge on any atom is 0.303 e. The number of hydrogen-bond acceptors (Lipinski definition) is 3. The maximum absolute atomic E-state index is 11.4. The maximum atomic E-state index is 11.4. The summed E-state index contributed by atoms with van der Waals surface area (Å²) in [4.78, 5) is 21.7. The van der Waals surface area contributed by atoms with Gasteiger partial charge in [-0.05, 0) is 31.8 Å². The topological polar surface area (TPSA) is 74.6 Å². The van der Waals surface area contributed by atoms with Crippen molar-refractivity contribution in [3.8, 4) is 0 Å². The van der Waals surface area contributed by atoms with E-state index in [1.165, 1.54) is 25.3 Å². The van der Waals surface area contributed by atoms with Crippen molar-refractivity contribution in [2.24, 2.45) is 0 Å². The normalized spacial score (nSPS) is 13.6. The zero-order valence-electron chi connectivity index (χ0n) is 14.6. The van der Waals surface area contributed by atoms with Crippen LogP contribution in [0.25, 0.3) is 0 Å². The highest BCUT2D eigenvalue weighted by Crippen LogP contribution is 2.02. The van der Waals surface area contributed by atoms with Crippen molar-refractivity contribution in [1.29, 1.82) is 0 Å². The van der Waals surface area contributed by atoms with Crippen LogP contribution in [0.2, 0.25) is 0 Å². The molecule has 0 aliphatic carbocycles. The number of hydrogen-bond donors (Lipinski definition) is 2. The second kappa shape index (κ2) is 15.9. The van der Waals surface area contributed by atoms with Crippen LogP contribution in [0.3, 0.4) is 0 Å². The molecule has 0 amide bonds. The smallest absolute Gasteiger partial charge is 0.303 e. The van der Waals surface area contributed by atoms with E-state index in [9.17, 15) is 14.7 Å². The van der Waals surface area contributed by atoms with Gasteiger partial charge in [-0.25, -0.2) is 0 Å². The number of rotatable bonds is 14. The van der Waals surface area contributed by atoms with Crippen molar-refractivity contribution < 1.29 is 19.8 Å². The molecule has 0 saturated heterocycles. The van der Waals surface area contributed by atoms with Crippen molar-refractivity contribution in [3.05, 3.63) is 48.6 Å². The molecule has 0 aromatic carbocycles. The molecule has 1 atom stereocenters. The summed E-state index contributed by atoms with van der Waals surface area (Å²) in [6.45, 7) is 2.18. The van der Waals surface area contributed by atoms with E-state index in [4.69, 9.17) is 5.11 Å². The Bertz CT molecular complexity index is 458. The van der Waals surface area contributed by atoms with Gasteiger partial charge in [0.15, 0.2) is 5.78 Å². The number of carbonyl (C=O) groups excluding carboxylic acids is 1. The van der Waals surface area contributed by atoms with E-state index in [0.29, 0.717) is 12.8 Å². The van der Waals surface area contributed by atoms with Gasteiger partial charge in [-0.15, -0.1) is 0 Å². The number of aliphatic hydroxyl groups excluding tert-OH is 1. The first-order valence-electron chi connectivity index (χ1n) is 8.65. The van der Waals surface area contributed by atoms with Gasteiger partial charge in [0.1, 0.15) is 0 Å². The molecule has 0 aromatic rings. The molecule has 0 bridgehead atoms. The standard InChI is InChI=1S/C20H30O4/c1-2-3-4-5-6-9-13-18(21)14-10-7-8-11-15-19(22)16-12-17-20(23)24/h6-11,14-15,18,21H,2-5,12-13,16-17H2,1H3,(H,23,24)/b8-7+,9-6-,14-10+,15-11-/t18-/m1/s1. The molecule has 4 heteroatoms. The van der Waals surface area contributed by atoms with E-state index in [1.807, 2.05) is 6.08 Å². The minimum atomic E-state index is -0.883. The van der Waals surface area contributed by atoms with Crippen LogP contribution in [0, 0.1) is 0 Å². The average Bonchev–Trinajstić information content (AvgIpc) is 2.53. The van der Waals surface area contributed by atoms with E-state index in [-0.39, 0.29) is 18.6 Å². The number of ketones is 1. The van der Waals surface area contributed by atoms with Crippen molar-refractivity contribution in [2.45, 2.75) is 64.4 Å². The number of unbranched alkanes of at least 4 members (excludes halogenated alkanes) is 3. The lowest BCUT2D eigenvalue weighted by Gasteiger charge is -1.99. The summed E-state index contributed by atoms with van der Waals surface area (Å²) >= 11 is 0. The second-order valence-corrected chi connectivity index (χ2v) is 5.61. The molecular formula is C20H30O4. The molecule has 0 heterocycles. The Morgan fingerprint density at radius 1 is 0.958 bits per heavy atom. The highest BCUT2D eigenvalue weighted by molar-refractivity contribution is 5.90. The lowest BCUT2D eigenvalue weighted by molar-refractivity contribution is -0.137. The summed E-state index contributed by atoms with van der Waals surface area (Å²) in [6, 6.07) is 0. The Hall–Kier alpha value is -1.94. The van der Waals surface area contributed by atoms with Gasteiger partial charge in [0.05, 0.1) is 6.10 Å². The van der Waals surface area contributed by atoms with Gasteiger partial charge >= 0.3 is 5.97 Å². The summed E-state index contributed by atoms with van der Waals surface area (Å²) in [5.74, 6) is -0.968. The number of aliphatic hydroxyl groups is 1. The largest absolute Gasteiger partial charge is 0.481 e. The van der Waals surface area contributed by atoms with Crippen LogP contribution in [0.15, 0.2) is 48.6 Å². The molecule has 0 fully saturated rings. The molecule has 0 rings (SSSR count). The van der Waals surface area contributed by atoms with E-state index in [2.05, 4.69) is 13.0 Å². The van der Waals surface area contributed by atoms with Crippen LogP contribution >= 0.6 is 0 Å². The lowest BCUT2D eigenvalue weighted by Crippen LogP contribution is -1.98. The molecule has 134 valence electrons. The summed E-state index contributed by atoms with van der Waals surface area (Å²) in [6.07, 6.45) is 19.5. The molecule has 2 N–H and O–H groups in total. The number of carboxylic acid groups (broad SMARTS) is 1. The summed E-state index contributed by atoms with van der Waals surface area (Å²) in [5, 5.41) is 18.2. The Balaban J connectivity index is 3.83. The Morgan fingerprint density at radius 3 is 2.42 bits per heavy atom. The third-order valence-corrected chi connectivity index (χ3v) is 3.28. The van der Waals surface area contributed by atoms with Crippen LogP contribution in [0.1, 0.15) is 58.3 Å². The predicted molar refractivity (Wildman–Crippen MR) is 97.8 cm³/mol. The molecule has 0 spiro atoms. The predicted octanol–water partition coefficient (Wildman–Crippen LogP) is 4.37. The van der Waals surface area contributed by atoms with E-state index < -0.39 is 12.1 Å². The number of allylic oxidation sites excluding steroid dienone is 6. The van der Waals surface area contributed by atoms with E-state index in [0.717, 1.165) is 6.42 Å². The van der Waals surface area contributed by atoms with Crippen LogP contribution in [-0.2, 0) is 9.59 Å². The molecule has 0 saturated carbocycles. The highest BCUT2D eigenvalue weighted by atomic mass is 16.4. The monoisotopic (exact) mass is 334 g/mol. The molecular weight excluding hydrogens is 304 g/mol. The molecule has 0 aliphatic rings. The zero-order chi connectivity index (χ0) is 18.0. The van der Waals surface area contributed by atoms with Gasteiger partial charge in [-0.3, -0.25) is 9.59 Å². The molecule has 0 radical (unpaired) electrons. The van der Waals surface area contributed by atoms with Crippen molar-refractivity contribution in [3.63, 3.8) is 0 Å². The van der Waals surface area contributed by atoms with Gasteiger partial charge in [0, 0.05) is 12.8 Å². The van der Waals surface area contributed by atoms with Crippen LogP contribution in [-0.4, -0.2) is 28.1 Å². The van der Waals surface area contributed by atoms with Gasteiger partial charge in [-0.1, -0.05) is 62.3 Å². The van der Waals surface area contributed by atoms with Crippen molar-refractivity contribution in [2.75, 3.05) is 0 Å². The molecule has 0 aliphatic heterocycles. The molecule has 0 unspecified atom stereocenters. The fraction of sp³-hybridized carbons (Fsp3) is 0.500. The highest BCUT2D eigenvalue weighted by Gasteiger charge is 1.99. The van der Waals surface area contributed by atoms with Gasteiger partial charge in [0.2, 0.25) is 0 Å². The first kappa shape index (κ1) is 22.1. The first-order valence-corrected chi connectivity index (χ1v) is 8.65. The Kier molecular flexibility index (Phi) is 14.6. The lowest BCUT2D eigenvalue weighted by atomic mass is 10.1. The third kappa shape index (κ3) is 16.4. The fourth-order valence-corrected chi connectivity index (χ4v) is 1.93. The average molecular weight is 334 g/mol. The van der Waals surface area contributed by atoms with Crippen LogP contribution in [0.4, 0.5) is 0 Å². The first-order chi connectivity index (χ1) is 11.6. The van der Waals surface area contributed by atoms with Gasteiger partial charge in [0.25, 0.3) is 0 Å². The molecule has 24 heavy (non-hydrogen) atoms. The van der Waals surface area contributed by atoms with Gasteiger partial charge < -0.3 is 10.2 Å². The zero-order valence-corrected chi connectivity index (χ0v) is 14.6. The molecule has 0 aromatic heterocycles. The number of carboxylic acids is 1. The SMILES string of the molecule is CCCCC/C=C\C[C@@H](O)/C=C/C=C/C=C\C(=O)CCCC(=O)O. The van der Waals surface area contributed by atoms with E-state index in [1.54, 1.807) is 30.4 Å². The second-order valence-electron chi connectivity index (χ2n) is 5.61. The fourth-order valence-electron chi connectivity index (χ4n) is 1.93. The van der Waals surface area contributed by atoms with Crippen molar-refractivity contribution >= 4 is 11.8 Å². The quantitative estimate of drug-likeness (QED) is 0.214. The van der Waals surface area contributed by atoms with Crippen molar-refractivity contribution in [1.82, 2.24) is 0 Å². The summed E-state index contributed by atoms with van der Waals surface area (Å²) in [5.41, 5.74) is 0. The minimum Gasteiger partial charge on any atom is -0.481 e. The Labute approximate surface area is 145 Å². The number of aliphatic carboxylic acids is 1. The minimum absolute atomic E-state index is 0.0170. The molecule has 4 nitrogen and oxygen atoms in total. The number of carbonyl (C=O) groups is 2.